The largest absolute Gasteiger partial charge is 0.495 e. The molecule has 3 N–H and O–H groups in total. The number of urea groups is 1. The lowest BCUT2D eigenvalue weighted by Gasteiger charge is -2.29. The van der Waals surface area contributed by atoms with Crippen molar-refractivity contribution < 1.29 is 19.1 Å². The summed E-state index contributed by atoms with van der Waals surface area (Å²) in [5, 5.41) is 8.67. The van der Waals surface area contributed by atoms with E-state index in [9.17, 15) is 9.59 Å². The van der Waals surface area contributed by atoms with Crippen molar-refractivity contribution in [2.24, 2.45) is 0 Å². The number of amides is 3. The van der Waals surface area contributed by atoms with Gasteiger partial charge in [-0.2, -0.15) is 0 Å². The minimum Gasteiger partial charge on any atom is -0.495 e. The van der Waals surface area contributed by atoms with Gasteiger partial charge in [-0.15, -0.1) is 0 Å². The summed E-state index contributed by atoms with van der Waals surface area (Å²) in [4.78, 5) is 25.2. The standard InChI is InChI=1S/C21H22ClN3O4/c1-11-5-7-13(8-6-11)19-18(12(2)23-21(27)25-19)20(26)24-15-10-16(28-3)14(22)9-17(15)29-4/h5-10,19H,1-4H3,(H,24,26)(H2,23,25,27). The lowest BCUT2D eigenvalue weighted by atomic mass is 9.94. The van der Waals surface area contributed by atoms with Crippen LogP contribution in [0, 0.1) is 6.92 Å². The maximum absolute atomic E-state index is 13.2. The number of nitrogens with one attached hydrogen (secondary N) is 3. The van der Waals surface area contributed by atoms with Crippen LogP contribution < -0.4 is 25.4 Å². The van der Waals surface area contributed by atoms with Crippen molar-refractivity contribution in [2.45, 2.75) is 19.9 Å². The van der Waals surface area contributed by atoms with Crippen LogP contribution in [0.2, 0.25) is 5.02 Å². The van der Waals surface area contributed by atoms with Gasteiger partial charge in [-0.25, -0.2) is 4.79 Å². The van der Waals surface area contributed by atoms with Crippen LogP contribution >= 0.6 is 11.6 Å². The van der Waals surface area contributed by atoms with Gasteiger partial charge in [-0.1, -0.05) is 41.4 Å². The van der Waals surface area contributed by atoms with Crippen molar-refractivity contribution >= 4 is 29.2 Å². The molecule has 3 amide bonds. The first kappa shape index (κ1) is 20.5. The Morgan fingerprint density at radius 2 is 1.72 bits per heavy atom. The Balaban J connectivity index is 1.98. The molecule has 3 rings (SSSR count). The van der Waals surface area contributed by atoms with Crippen molar-refractivity contribution in [1.82, 2.24) is 10.6 Å². The average molecular weight is 416 g/mol. The van der Waals surface area contributed by atoms with E-state index in [1.807, 2.05) is 31.2 Å². The lowest BCUT2D eigenvalue weighted by Crippen LogP contribution is -2.46. The van der Waals surface area contributed by atoms with Crippen LogP contribution in [0.5, 0.6) is 11.5 Å². The van der Waals surface area contributed by atoms with Gasteiger partial charge in [0.2, 0.25) is 0 Å². The highest BCUT2D eigenvalue weighted by atomic mass is 35.5. The number of carbonyl (C=O) groups is 2. The van der Waals surface area contributed by atoms with Crippen molar-refractivity contribution in [3.63, 3.8) is 0 Å². The highest BCUT2D eigenvalue weighted by Crippen LogP contribution is 2.37. The molecule has 29 heavy (non-hydrogen) atoms. The molecular formula is C21H22ClN3O4. The van der Waals surface area contributed by atoms with E-state index >= 15 is 0 Å². The quantitative estimate of drug-likeness (QED) is 0.690. The normalized spacial score (nSPS) is 16.0. The second-order valence-corrected chi connectivity index (χ2v) is 7.03. The zero-order valence-electron chi connectivity index (χ0n) is 16.6. The lowest BCUT2D eigenvalue weighted by molar-refractivity contribution is -0.113. The number of ether oxygens (including phenoxy) is 2. The minimum atomic E-state index is -0.593. The number of benzene rings is 2. The summed E-state index contributed by atoms with van der Waals surface area (Å²) in [5.74, 6) is 0.406. The van der Waals surface area contributed by atoms with Crippen LogP contribution in [0.25, 0.3) is 0 Å². The fourth-order valence-corrected chi connectivity index (χ4v) is 3.38. The number of carbonyl (C=O) groups excluding carboxylic acids is 2. The molecule has 0 aromatic heterocycles. The third-order valence-electron chi connectivity index (χ3n) is 4.65. The molecule has 2 aromatic rings. The molecule has 1 heterocycles. The Morgan fingerprint density at radius 3 is 2.34 bits per heavy atom. The van der Waals surface area contributed by atoms with E-state index in [4.69, 9.17) is 21.1 Å². The molecule has 2 aromatic carbocycles. The van der Waals surface area contributed by atoms with E-state index in [0.717, 1.165) is 11.1 Å². The Bertz CT molecular complexity index is 986. The fourth-order valence-electron chi connectivity index (χ4n) is 3.15. The number of anilines is 1. The highest BCUT2D eigenvalue weighted by molar-refractivity contribution is 6.32. The van der Waals surface area contributed by atoms with Gasteiger partial charge in [0, 0.05) is 17.8 Å². The number of hydrogen-bond acceptors (Lipinski definition) is 4. The van der Waals surface area contributed by atoms with Gasteiger partial charge in [0.25, 0.3) is 5.91 Å². The summed E-state index contributed by atoms with van der Waals surface area (Å²) >= 11 is 6.14. The van der Waals surface area contributed by atoms with Crippen LogP contribution in [0.3, 0.4) is 0 Å². The Kier molecular flexibility index (Phi) is 5.98. The summed E-state index contributed by atoms with van der Waals surface area (Å²) in [5.41, 5.74) is 3.15. The molecule has 1 unspecified atom stereocenters. The Hall–Kier alpha value is -3.19. The molecule has 1 aliphatic heterocycles. The number of aryl methyl sites for hydroxylation is 1. The monoisotopic (exact) mass is 415 g/mol. The van der Waals surface area contributed by atoms with Crippen molar-refractivity contribution in [3.05, 3.63) is 63.8 Å². The summed E-state index contributed by atoms with van der Waals surface area (Å²) in [6, 6.07) is 9.83. The molecule has 8 heteroatoms. The van der Waals surface area contributed by atoms with E-state index in [1.54, 1.807) is 19.1 Å². The van der Waals surface area contributed by atoms with Gasteiger partial charge in [-0.05, 0) is 19.4 Å². The molecule has 1 atom stereocenters. The van der Waals surface area contributed by atoms with E-state index in [2.05, 4.69) is 16.0 Å². The average Bonchev–Trinajstić information content (AvgIpc) is 2.68. The summed E-state index contributed by atoms with van der Waals surface area (Å²) in [7, 11) is 2.97. The number of methoxy groups -OCH3 is 2. The first-order chi connectivity index (χ1) is 13.8. The minimum absolute atomic E-state index is 0.363. The summed E-state index contributed by atoms with van der Waals surface area (Å²) in [6.07, 6.45) is 0. The predicted octanol–water partition coefficient (Wildman–Crippen LogP) is 3.93. The van der Waals surface area contributed by atoms with Gasteiger partial charge in [0.1, 0.15) is 11.5 Å². The number of allylic oxidation sites excluding steroid dienone is 1. The third kappa shape index (κ3) is 4.30. The zero-order chi connectivity index (χ0) is 21.1. The molecule has 0 saturated carbocycles. The molecule has 0 aliphatic carbocycles. The van der Waals surface area contributed by atoms with Crippen LogP contribution in [0.1, 0.15) is 24.1 Å². The van der Waals surface area contributed by atoms with Gasteiger partial charge in [-0.3, -0.25) is 4.79 Å². The van der Waals surface area contributed by atoms with Crippen LogP contribution in [-0.2, 0) is 4.79 Å². The Morgan fingerprint density at radius 1 is 1.07 bits per heavy atom. The summed E-state index contributed by atoms with van der Waals surface area (Å²) in [6.45, 7) is 3.66. The number of halogens is 1. The van der Waals surface area contributed by atoms with Crippen LogP contribution in [0.4, 0.5) is 10.5 Å². The van der Waals surface area contributed by atoms with Crippen molar-refractivity contribution in [3.8, 4) is 11.5 Å². The first-order valence-corrected chi connectivity index (χ1v) is 9.29. The second-order valence-electron chi connectivity index (χ2n) is 6.62. The topological polar surface area (TPSA) is 88.7 Å². The SMILES string of the molecule is COc1cc(NC(=O)C2=C(C)NC(=O)NC2c2ccc(C)cc2)c(OC)cc1Cl. The predicted molar refractivity (Wildman–Crippen MR) is 111 cm³/mol. The molecule has 1 aliphatic rings. The molecule has 152 valence electrons. The van der Waals surface area contributed by atoms with Gasteiger partial charge >= 0.3 is 6.03 Å². The van der Waals surface area contributed by atoms with E-state index in [0.29, 0.717) is 33.5 Å². The van der Waals surface area contributed by atoms with E-state index in [1.165, 1.54) is 14.2 Å². The first-order valence-electron chi connectivity index (χ1n) is 8.91. The number of rotatable bonds is 5. The molecule has 0 fully saturated rings. The zero-order valence-corrected chi connectivity index (χ0v) is 17.3. The Labute approximate surface area is 174 Å². The smallest absolute Gasteiger partial charge is 0.319 e. The van der Waals surface area contributed by atoms with Crippen LogP contribution in [0.15, 0.2) is 47.7 Å². The number of hydrogen-bond donors (Lipinski definition) is 3. The van der Waals surface area contributed by atoms with Gasteiger partial charge in [0.15, 0.2) is 0 Å². The van der Waals surface area contributed by atoms with E-state index in [-0.39, 0.29) is 11.9 Å². The highest BCUT2D eigenvalue weighted by Gasteiger charge is 2.31. The van der Waals surface area contributed by atoms with E-state index < -0.39 is 6.04 Å². The molecule has 7 nitrogen and oxygen atoms in total. The van der Waals surface area contributed by atoms with Crippen LogP contribution in [-0.4, -0.2) is 26.2 Å². The maximum atomic E-state index is 13.2. The van der Waals surface area contributed by atoms with Gasteiger partial charge in [0.05, 0.1) is 36.5 Å². The summed E-state index contributed by atoms with van der Waals surface area (Å²) < 4.78 is 10.6. The molecular weight excluding hydrogens is 394 g/mol. The van der Waals surface area contributed by atoms with Crippen molar-refractivity contribution in [2.75, 3.05) is 19.5 Å². The molecule has 0 spiro atoms. The molecule has 0 saturated heterocycles. The molecule has 0 bridgehead atoms. The maximum Gasteiger partial charge on any atom is 0.319 e. The fraction of sp³-hybridized carbons (Fsp3) is 0.238. The third-order valence-corrected chi connectivity index (χ3v) is 4.94. The van der Waals surface area contributed by atoms with Crippen molar-refractivity contribution in [1.29, 1.82) is 0 Å². The second kappa shape index (κ2) is 8.45. The molecule has 0 radical (unpaired) electrons. The van der Waals surface area contributed by atoms with Gasteiger partial charge < -0.3 is 25.4 Å².